The van der Waals surface area contributed by atoms with Crippen molar-refractivity contribution in [1.82, 2.24) is 4.98 Å². The zero-order chi connectivity index (χ0) is 12.1. The van der Waals surface area contributed by atoms with E-state index in [0.717, 1.165) is 5.56 Å². The van der Waals surface area contributed by atoms with Gasteiger partial charge in [0.2, 0.25) is 5.88 Å². The number of hydrogen-bond acceptors (Lipinski definition) is 5. The lowest BCUT2D eigenvalue weighted by Crippen LogP contribution is -2.22. The molecule has 5 nitrogen and oxygen atoms in total. The Labute approximate surface area is 94.9 Å². The maximum absolute atomic E-state index is 9.88. The molecule has 1 heterocycles. The van der Waals surface area contributed by atoms with Gasteiger partial charge in [0.25, 0.3) is 0 Å². The lowest BCUT2D eigenvalue weighted by molar-refractivity contribution is 0.0144. The van der Waals surface area contributed by atoms with Crippen LogP contribution in [-0.2, 0) is 0 Å². The van der Waals surface area contributed by atoms with Gasteiger partial charge in [0.05, 0.1) is 13.2 Å². The van der Waals surface area contributed by atoms with E-state index >= 15 is 0 Å². The number of nitrogens with two attached hydrogens (primary N) is 1. The van der Waals surface area contributed by atoms with Crippen molar-refractivity contribution in [3.05, 3.63) is 23.4 Å². The van der Waals surface area contributed by atoms with Crippen molar-refractivity contribution in [3.63, 3.8) is 0 Å². The van der Waals surface area contributed by atoms with Gasteiger partial charge in [0, 0.05) is 17.8 Å². The smallest absolute Gasteiger partial charge is 0.213 e. The predicted molar refractivity (Wildman–Crippen MR) is 60.2 cm³/mol. The lowest BCUT2D eigenvalue weighted by atomic mass is 10.00. The van der Waals surface area contributed by atoms with Crippen LogP contribution in [0.4, 0.5) is 0 Å². The molecule has 0 radical (unpaired) electrons. The van der Waals surface area contributed by atoms with Gasteiger partial charge in [-0.15, -0.1) is 0 Å². The first-order valence-corrected chi connectivity index (χ1v) is 5.17. The Morgan fingerprint density at radius 1 is 1.50 bits per heavy atom. The predicted octanol–water partition coefficient (Wildman–Crippen LogP) is 0.142. The van der Waals surface area contributed by atoms with Crippen molar-refractivity contribution < 1.29 is 14.9 Å². The van der Waals surface area contributed by atoms with E-state index < -0.39 is 12.2 Å². The van der Waals surface area contributed by atoms with Crippen LogP contribution >= 0.6 is 0 Å². The highest BCUT2D eigenvalue weighted by molar-refractivity contribution is 5.30. The molecule has 0 saturated heterocycles. The van der Waals surface area contributed by atoms with Gasteiger partial charge in [-0.1, -0.05) is 0 Å². The summed E-state index contributed by atoms with van der Waals surface area (Å²) in [6.07, 6.45) is 0.0476. The number of nitrogens with zero attached hydrogens (tertiary/aromatic N) is 1. The zero-order valence-corrected chi connectivity index (χ0v) is 9.55. The first-order chi connectivity index (χ1) is 7.60. The van der Waals surface area contributed by atoms with Crippen molar-refractivity contribution in [1.29, 1.82) is 0 Å². The monoisotopic (exact) mass is 226 g/mol. The molecule has 0 aromatic carbocycles. The number of hydrogen-bond donors (Lipinski definition) is 3. The molecule has 2 unspecified atom stereocenters. The fourth-order valence-corrected chi connectivity index (χ4v) is 1.50. The van der Waals surface area contributed by atoms with E-state index in [-0.39, 0.29) is 0 Å². The van der Waals surface area contributed by atoms with E-state index in [1.165, 1.54) is 13.3 Å². The summed E-state index contributed by atoms with van der Waals surface area (Å²) in [5, 5.41) is 19.5. The average molecular weight is 226 g/mol. The number of aliphatic hydroxyl groups is 2. The Balaban J connectivity index is 2.87. The highest BCUT2D eigenvalue weighted by atomic mass is 16.5. The number of methoxy groups -OCH3 is 1. The lowest BCUT2D eigenvalue weighted by Gasteiger charge is -2.19. The number of ether oxygens (including phenoxy) is 1. The van der Waals surface area contributed by atoms with Gasteiger partial charge in [-0.3, -0.25) is 0 Å². The van der Waals surface area contributed by atoms with Crippen LogP contribution < -0.4 is 10.5 Å². The van der Waals surface area contributed by atoms with Gasteiger partial charge in [-0.2, -0.15) is 0 Å². The number of aromatic nitrogens is 1. The molecular formula is C11H18N2O3. The van der Waals surface area contributed by atoms with Crippen LogP contribution in [0.2, 0.25) is 0 Å². The third kappa shape index (κ3) is 2.91. The molecule has 90 valence electrons. The van der Waals surface area contributed by atoms with Crippen LogP contribution in [0.5, 0.6) is 5.88 Å². The summed E-state index contributed by atoms with van der Waals surface area (Å²) in [6, 6.07) is 1.72. The average Bonchev–Trinajstić information content (AvgIpc) is 2.28. The van der Waals surface area contributed by atoms with Gasteiger partial charge >= 0.3 is 0 Å². The minimum absolute atomic E-state index is 0.334. The maximum atomic E-state index is 9.88. The largest absolute Gasteiger partial charge is 0.481 e. The molecule has 0 bridgehead atoms. The molecule has 0 spiro atoms. The molecule has 5 heteroatoms. The number of pyridine rings is 1. The third-order valence-corrected chi connectivity index (χ3v) is 2.48. The van der Waals surface area contributed by atoms with E-state index in [1.807, 2.05) is 6.92 Å². The molecule has 0 aliphatic carbocycles. The Morgan fingerprint density at radius 3 is 2.69 bits per heavy atom. The second-order valence-electron chi connectivity index (χ2n) is 3.67. The quantitative estimate of drug-likeness (QED) is 0.664. The van der Waals surface area contributed by atoms with Crippen LogP contribution in [0.3, 0.4) is 0 Å². The van der Waals surface area contributed by atoms with E-state index in [4.69, 9.17) is 10.5 Å². The fraction of sp³-hybridized carbons (Fsp3) is 0.545. The molecule has 1 aromatic rings. The Kier molecular flexibility index (Phi) is 4.67. The van der Waals surface area contributed by atoms with E-state index in [9.17, 15) is 10.2 Å². The standard InChI is InChI=1S/C11H18N2O3/c1-7-5-10(16-2)13-6-8(7)11(15)9(14)3-4-12/h5-6,9,11,14-15H,3-4,12H2,1-2H3. The van der Waals surface area contributed by atoms with Gasteiger partial charge in [0.1, 0.15) is 6.10 Å². The van der Waals surface area contributed by atoms with Crippen LogP contribution in [0.15, 0.2) is 12.3 Å². The molecular weight excluding hydrogens is 208 g/mol. The molecule has 1 rings (SSSR count). The third-order valence-electron chi connectivity index (χ3n) is 2.48. The highest BCUT2D eigenvalue weighted by Crippen LogP contribution is 2.23. The first-order valence-electron chi connectivity index (χ1n) is 5.17. The first kappa shape index (κ1) is 12.9. The number of rotatable bonds is 5. The second kappa shape index (κ2) is 5.79. The Bertz CT molecular complexity index is 344. The number of aryl methyl sites for hydroxylation is 1. The van der Waals surface area contributed by atoms with Gasteiger partial charge in [0.15, 0.2) is 0 Å². The maximum Gasteiger partial charge on any atom is 0.213 e. The molecule has 4 N–H and O–H groups in total. The minimum atomic E-state index is -0.957. The van der Waals surface area contributed by atoms with Crippen molar-refractivity contribution >= 4 is 0 Å². The highest BCUT2D eigenvalue weighted by Gasteiger charge is 2.19. The van der Waals surface area contributed by atoms with Crippen molar-refractivity contribution in [3.8, 4) is 5.88 Å². The Morgan fingerprint density at radius 2 is 2.19 bits per heavy atom. The van der Waals surface area contributed by atoms with E-state index in [0.29, 0.717) is 24.4 Å². The molecule has 0 aliphatic heterocycles. The molecule has 0 saturated carbocycles. The summed E-state index contributed by atoms with van der Waals surface area (Å²) in [5.41, 5.74) is 6.75. The van der Waals surface area contributed by atoms with E-state index in [1.54, 1.807) is 6.07 Å². The van der Waals surface area contributed by atoms with Crippen LogP contribution in [-0.4, -0.2) is 35.0 Å². The summed E-state index contributed by atoms with van der Waals surface area (Å²) < 4.78 is 4.96. The molecule has 0 aliphatic rings. The van der Waals surface area contributed by atoms with Crippen LogP contribution in [0.25, 0.3) is 0 Å². The summed E-state index contributed by atoms with van der Waals surface area (Å²) in [6.45, 7) is 2.17. The van der Waals surface area contributed by atoms with Crippen molar-refractivity contribution in [2.75, 3.05) is 13.7 Å². The summed E-state index contributed by atoms with van der Waals surface area (Å²) >= 11 is 0. The summed E-state index contributed by atoms with van der Waals surface area (Å²) in [5.74, 6) is 0.488. The van der Waals surface area contributed by atoms with Gasteiger partial charge in [-0.25, -0.2) is 4.98 Å². The molecule has 16 heavy (non-hydrogen) atoms. The molecule has 2 atom stereocenters. The topological polar surface area (TPSA) is 88.6 Å². The van der Waals surface area contributed by atoms with Crippen molar-refractivity contribution in [2.45, 2.75) is 25.6 Å². The Hall–Kier alpha value is -1.17. The SMILES string of the molecule is COc1cc(C)c(C(O)C(O)CCN)cn1. The second-order valence-corrected chi connectivity index (χ2v) is 3.67. The normalized spacial score (nSPS) is 14.6. The van der Waals surface area contributed by atoms with Crippen molar-refractivity contribution in [2.24, 2.45) is 5.73 Å². The van der Waals surface area contributed by atoms with Gasteiger partial charge < -0.3 is 20.7 Å². The molecule has 1 aromatic heterocycles. The summed E-state index contributed by atoms with van der Waals surface area (Å²) in [7, 11) is 1.53. The van der Waals surface area contributed by atoms with Gasteiger partial charge in [-0.05, 0) is 25.5 Å². The van der Waals surface area contributed by atoms with Crippen LogP contribution in [0, 0.1) is 6.92 Å². The number of aliphatic hydroxyl groups excluding tert-OH is 2. The minimum Gasteiger partial charge on any atom is -0.481 e. The zero-order valence-electron chi connectivity index (χ0n) is 9.55. The van der Waals surface area contributed by atoms with Crippen LogP contribution in [0.1, 0.15) is 23.7 Å². The fourth-order valence-electron chi connectivity index (χ4n) is 1.50. The van der Waals surface area contributed by atoms with E-state index in [2.05, 4.69) is 4.98 Å². The molecule has 0 amide bonds. The summed E-state index contributed by atoms with van der Waals surface area (Å²) in [4.78, 5) is 4.00. The molecule has 0 fully saturated rings.